The van der Waals surface area contributed by atoms with Crippen LogP contribution in [-0.2, 0) is 6.54 Å². The second-order valence-corrected chi connectivity index (χ2v) is 5.57. The third-order valence-corrected chi connectivity index (χ3v) is 3.90. The van der Waals surface area contributed by atoms with E-state index in [1.54, 1.807) is 0 Å². The third-order valence-electron chi connectivity index (χ3n) is 3.30. The number of hydrogen-bond donors (Lipinski definition) is 1. The molecule has 16 heavy (non-hydrogen) atoms. The van der Waals surface area contributed by atoms with Crippen LogP contribution in [0.15, 0.2) is 0 Å². The Morgan fingerprint density at radius 2 is 2.12 bits per heavy atom. The van der Waals surface area contributed by atoms with Crippen LogP contribution in [0.4, 0.5) is 5.00 Å². The van der Waals surface area contributed by atoms with E-state index in [0.717, 1.165) is 29.7 Å². The molecule has 4 nitrogen and oxygen atoms in total. The largest absolute Gasteiger partial charge is 0.388 e. The molecule has 0 spiro atoms. The van der Waals surface area contributed by atoms with Gasteiger partial charge in [0.2, 0.25) is 0 Å². The summed E-state index contributed by atoms with van der Waals surface area (Å²) >= 11 is 1.28. The number of aromatic nitrogens is 2. The molecule has 0 bridgehead atoms. The van der Waals surface area contributed by atoms with Gasteiger partial charge in [0.05, 0.1) is 0 Å². The quantitative estimate of drug-likeness (QED) is 0.876. The van der Waals surface area contributed by atoms with Crippen LogP contribution in [0.3, 0.4) is 0 Å². The van der Waals surface area contributed by atoms with Crippen LogP contribution >= 0.6 is 11.5 Å². The Morgan fingerprint density at radius 3 is 2.75 bits per heavy atom. The third kappa shape index (κ3) is 3.15. The van der Waals surface area contributed by atoms with Gasteiger partial charge in [-0.2, -0.15) is 0 Å². The maximum Gasteiger partial charge on any atom is 0.132 e. The van der Waals surface area contributed by atoms with Crippen LogP contribution < -0.4 is 5.73 Å². The van der Waals surface area contributed by atoms with Crippen molar-refractivity contribution >= 4 is 16.5 Å². The molecule has 0 aliphatic heterocycles. The van der Waals surface area contributed by atoms with E-state index in [4.69, 9.17) is 5.73 Å². The van der Waals surface area contributed by atoms with Gasteiger partial charge in [0.15, 0.2) is 0 Å². The van der Waals surface area contributed by atoms with Gasteiger partial charge in [-0.15, -0.1) is 5.10 Å². The molecule has 1 saturated carbocycles. The fourth-order valence-electron chi connectivity index (χ4n) is 2.46. The lowest BCUT2D eigenvalue weighted by Crippen LogP contribution is -2.27. The summed E-state index contributed by atoms with van der Waals surface area (Å²) in [7, 11) is 2.15. The van der Waals surface area contributed by atoms with Crippen LogP contribution in [0.25, 0.3) is 0 Å². The first kappa shape index (κ1) is 11.8. The summed E-state index contributed by atoms with van der Waals surface area (Å²) in [5.74, 6) is 0.867. The number of rotatable bonds is 4. The van der Waals surface area contributed by atoms with Crippen LogP contribution in [0.2, 0.25) is 0 Å². The average Bonchev–Trinajstić information content (AvgIpc) is 2.66. The molecule has 1 aliphatic carbocycles. The summed E-state index contributed by atoms with van der Waals surface area (Å²) < 4.78 is 3.86. The number of anilines is 1. The van der Waals surface area contributed by atoms with Crippen LogP contribution in [0.5, 0.6) is 0 Å². The van der Waals surface area contributed by atoms with Crippen molar-refractivity contribution in [2.45, 2.75) is 38.6 Å². The Hall–Kier alpha value is -0.680. The van der Waals surface area contributed by atoms with Crippen molar-refractivity contribution in [3.63, 3.8) is 0 Å². The van der Waals surface area contributed by atoms with Crippen LogP contribution in [0, 0.1) is 5.92 Å². The molecular formula is C11H20N4S. The number of nitrogens with two attached hydrogens (primary N) is 1. The fraction of sp³-hybridized carbons (Fsp3) is 0.818. The molecule has 90 valence electrons. The average molecular weight is 240 g/mol. The summed E-state index contributed by atoms with van der Waals surface area (Å²) in [4.78, 5) is 2.32. The van der Waals surface area contributed by atoms with Gasteiger partial charge in [0.25, 0.3) is 0 Å². The van der Waals surface area contributed by atoms with Crippen molar-refractivity contribution < 1.29 is 0 Å². The van der Waals surface area contributed by atoms with Crippen molar-refractivity contribution in [2.24, 2.45) is 5.92 Å². The van der Waals surface area contributed by atoms with Crippen molar-refractivity contribution in [3.8, 4) is 0 Å². The minimum atomic E-state index is 0.760. The van der Waals surface area contributed by atoms with E-state index < -0.39 is 0 Å². The predicted octanol–water partition coefficient (Wildman–Crippen LogP) is 2.13. The number of nitrogen functional groups attached to an aromatic ring is 1. The molecule has 1 aromatic heterocycles. The van der Waals surface area contributed by atoms with E-state index in [9.17, 15) is 0 Å². The molecule has 2 rings (SSSR count). The number of hydrogen-bond acceptors (Lipinski definition) is 5. The normalized spacial score (nSPS) is 18.1. The Labute approximate surface area is 101 Å². The highest BCUT2D eigenvalue weighted by Crippen LogP contribution is 2.24. The smallest absolute Gasteiger partial charge is 0.132 e. The fourth-order valence-corrected chi connectivity index (χ4v) is 2.89. The molecule has 1 heterocycles. The lowest BCUT2D eigenvalue weighted by Gasteiger charge is -2.26. The molecule has 1 aromatic rings. The molecule has 1 aliphatic rings. The zero-order valence-electron chi connectivity index (χ0n) is 9.85. The highest BCUT2D eigenvalue weighted by atomic mass is 32.1. The second-order valence-electron chi connectivity index (χ2n) is 4.78. The monoisotopic (exact) mass is 240 g/mol. The van der Waals surface area contributed by atoms with E-state index in [0.29, 0.717) is 0 Å². The summed E-state index contributed by atoms with van der Waals surface area (Å²) in [6, 6.07) is 0. The Morgan fingerprint density at radius 1 is 1.38 bits per heavy atom. The maximum absolute atomic E-state index is 5.79. The van der Waals surface area contributed by atoms with Crippen LogP contribution in [0.1, 0.15) is 37.8 Å². The zero-order chi connectivity index (χ0) is 11.4. The van der Waals surface area contributed by atoms with Crippen molar-refractivity contribution in [1.29, 1.82) is 0 Å². The van der Waals surface area contributed by atoms with Crippen molar-refractivity contribution in [1.82, 2.24) is 14.5 Å². The van der Waals surface area contributed by atoms with E-state index in [1.807, 2.05) is 0 Å². The first-order valence-corrected chi connectivity index (χ1v) is 6.78. The van der Waals surface area contributed by atoms with Gasteiger partial charge in [-0.3, -0.25) is 0 Å². The molecule has 0 radical (unpaired) electrons. The van der Waals surface area contributed by atoms with Gasteiger partial charge in [-0.1, -0.05) is 23.8 Å². The summed E-state index contributed by atoms with van der Waals surface area (Å²) in [5, 5.41) is 4.81. The second kappa shape index (κ2) is 5.59. The lowest BCUT2D eigenvalue weighted by molar-refractivity contribution is 0.226. The molecular weight excluding hydrogens is 220 g/mol. The standard InChI is InChI=1S/C11H20N4S/c1-15(7-9-5-3-2-4-6-9)8-10-11(12)16-14-13-10/h9H,2-8,12H2,1H3. The first-order chi connectivity index (χ1) is 7.75. The highest BCUT2D eigenvalue weighted by Gasteiger charge is 2.16. The summed E-state index contributed by atoms with van der Waals surface area (Å²) in [5.41, 5.74) is 6.72. The van der Waals surface area contributed by atoms with Crippen molar-refractivity contribution in [3.05, 3.63) is 5.69 Å². The Kier molecular flexibility index (Phi) is 4.12. The molecule has 1 fully saturated rings. The van der Waals surface area contributed by atoms with Crippen molar-refractivity contribution in [2.75, 3.05) is 19.3 Å². The molecule has 0 amide bonds. The molecule has 0 saturated heterocycles. The van der Waals surface area contributed by atoms with E-state index in [-0.39, 0.29) is 0 Å². The maximum atomic E-state index is 5.79. The molecule has 0 unspecified atom stereocenters. The van der Waals surface area contributed by atoms with Gasteiger partial charge in [0, 0.05) is 24.6 Å². The molecule has 0 atom stereocenters. The minimum Gasteiger partial charge on any atom is -0.388 e. The first-order valence-electron chi connectivity index (χ1n) is 6.01. The lowest BCUT2D eigenvalue weighted by atomic mass is 9.89. The van der Waals surface area contributed by atoms with Gasteiger partial charge in [-0.25, -0.2) is 0 Å². The van der Waals surface area contributed by atoms with E-state index >= 15 is 0 Å². The van der Waals surface area contributed by atoms with E-state index in [1.165, 1.54) is 43.6 Å². The van der Waals surface area contributed by atoms with Gasteiger partial charge >= 0.3 is 0 Å². The van der Waals surface area contributed by atoms with Gasteiger partial charge in [0.1, 0.15) is 10.7 Å². The minimum absolute atomic E-state index is 0.760. The summed E-state index contributed by atoms with van der Waals surface area (Å²) in [6.45, 7) is 2.00. The van der Waals surface area contributed by atoms with Crippen LogP contribution in [-0.4, -0.2) is 28.1 Å². The predicted molar refractivity (Wildman–Crippen MR) is 67.2 cm³/mol. The van der Waals surface area contributed by atoms with Gasteiger partial charge < -0.3 is 10.6 Å². The summed E-state index contributed by atoms with van der Waals surface area (Å²) in [6.07, 6.45) is 6.99. The number of nitrogens with zero attached hydrogens (tertiary/aromatic N) is 3. The highest BCUT2D eigenvalue weighted by molar-refractivity contribution is 7.09. The topological polar surface area (TPSA) is 55.0 Å². The van der Waals surface area contributed by atoms with E-state index in [2.05, 4.69) is 21.5 Å². The molecule has 0 aromatic carbocycles. The Bertz CT molecular complexity index is 320. The van der Waals surface area contributed by atoms with Gasteiger partial charge in [-0.05, 0) is 25.8 Å². The molecule has 5 heteroatoms. The Balaban J connectivity index is 1.79. The SMILES string of the molecule is CN(Cc1nnsc1N)CC1CCCCC1. The molecule has 2 N–H and O–H groups in total. The zero-order valence-corrected chi connectivity index (χ0v) is 10.7.